The lowest BCUT2D eigenvalue weighted by molar-refractivity contribution is 0.472. The minimum atomic E-state index is 0.302. The molecule has 2 heteroatoms. The van der Waals surface area contributed by atoms with Crippen LogP contribution in [0, 0.1) is 5.92 Å². The number of rotatable bonds is 2. The molecule has 1 aromatic heterocycles. The summed E-state index contributed by atoms with van der Waals surface area (Å²) in [4.78, 5) is 4.12. The summed E-state index contributed by atoms with van der Waals surface area (Å²) >= 11 is 0. The zero-order valence-electron chi connectivity index (χ0n) is 6.91. The molecular formula is C9H13NO. The van der Waals surface area contributed by atoms with Gasteiger partial charge in [0.2, 0.25) is 0 Å². The maximum absolute atomic E-state index is 9.09. The second-order valence-electron chi connectivity index (χ2n) is 3.10. The zero-order valence-corrected chi connectivity index (χ0v) is 6.91. The minimum absolute atomic E-state index is 0.302. The molecule has 0 spiro atoms. The van der Waals surface area contributed by atoms with Crippen LogP contribution in [0.15, 0.2) is 18.3 Å². The Morgan fingerprint density at radius 3 is 2.82 bits per heavy atom. The molecule has 0 fully saturated rings. The predicted molar refractivity (Wildman–Crippen MR) is 44.4 cm³/mol. The zero-order chi connectivity index (χ0) is 8.27. The summed E-state index contributed by atoms with van der Waals surface area (Å²) in [7, 11) is 0. The molecule has 2 nitrogen and oxygen atoms in total. The molecule has 0 unspecified atom stereocenters. The van der Waals surface area contributed by atoms with Gasteiger partial charge in [-0.15, -0.1) is 0 Å². The van der Waals surface area contributed by atoms with Crippen LogP contribution < -0.4 is 0 Å². The first-order chi connectivity index (χ1) is 5.18. The van der Waals surface area contributed by atoms with Crippen LogP contribution in [-0.4, -0.2) is 10.1 Å². The van der Waals surface area contributed by atoms with Gasteiger partial charge in [0, 0.05) is 18.0 Å². The Hall–Kier alpha value is -1.05. The van der Waals surface area contributed by atoms with Crippen LogP contribution in [0.3, 0.4) is 0 Å². The smallest absolute Gasteiger partial charge is 0.118 e. The number of nitrogens with zero attached hydrogens (tertiary/aromatic N) is 1. The fourth-order valence-corrected chi connectivity index (χ4v) is 0.995. The minimum Gasteiger partial charge on any atom is -0.508 e. The monoisotopic (exact) mass is 151 g/mol. The average molecular weight is 151 g/mol. The summed E-state index contributed by atoms with van der Waals surface area (Å²) in [6.07, 6.45) is 2.56. The number of hydrogen-bond donors (Lipinski definition) is 1. The van der Waals surface area contributed by atoms with Gasteiger partial charge in [-0.1, -0.05) is 13.8 Å². The second kappa shape index (κ2) is 3.37. The highest BCUT2D eigenvalue weighted by Gasteiger charge is 1.98. The van der Waals surface area contributed by atoms with Crippen molar-refractivity contribution >= 4 is 0 Å². The highest BCUT2D eigenvalue weighted by atomic mass is 16.3. The quantitative estimate of drug-likeness (QED) is 0.701. The summed E-state index contributed by atoms with van der Waals surface area (Å²) in [6, 6.07) is 3.30. The van der Waals surface area contributed by atoms with Gasteiger partial charge < -0.3 is 5.11 Å². The van der Waals surface area contributed by atoms with Crippen molar-refractivity contribution in [1.82, 2.24) is 4.98 Å². The van der Waals surface area contributed by atoms with Crippen molar-refractivity contribution in [1.29, 1.82) is 0 Å². The number of pyridine rings is 1. The molecular weight excluding hydrogens is 138 g/mol. The van der Waals surface area contributed by atoms with Gasteiger partial charge in [0.05, 0.1) is 0 Å². The molecule has 1 rings (SSSR count). The van der Waals surface area contributed by atoms with Crippen molar-refractivity contribution in [3.63, 3.8) is 0 Å². The molecule has 0 amide bonds. The highest BCUT2D eigenvalue weighted by Crippen LogP contribution is 2.11. The van der Waals surface area contributed by atoms with Crippen LogP contribution in [0.2, 0.25) is 0 Å². The molecule has 11 heavy (non-hydrogen) atoms. The normalized spacial score (nSPS) is 10.5. The van der Waals surface area contributed by atoms with Crippen molar-refractivity contribution in [2.45, 2.75) is 20.3 Å². The summed E-state index contributed by atoms with van der Waals surface area (Å²) in [5.74, 6) is 0.889. The van der Waals surface area contributed by atoms with Crippen molar-refractivity contribution in [2.24, 2.45) is 5.92 Å². The molecule has 0 aliphatic heterocycles. The first kappa shape index (κ1) is 8.05. The molecule has 0 radical (unpaired) electrons. The third-order valence-corrected chi connectivity index (χ3v) is 1.42. The van der Waals surface area contributed by atoms with Crippen LogP contribution in [-0.2, 0) is 6.42 Å². The molecule has 0 aromatic carbocycles. The van der Waals surface area contributed by atoms with Gasteiger partial charge in [0.1, 0.15) is 5.75 Å². The third kappa shape index (κ3) is 2.58. The van der Waals surface area contributed by atoms with E-state index in [9.17, 15) is 0 Å². The van der Waals surface area contributed by atoms with E-state index in [4.69, 9.17) is 5.11 Å². The van der Waals surface area contributed by atoms with Crippen LogP contribution in [0.4, 0.5) is 0 Å². The lowest BCUT2D eigenvalue weighted by Crippen LogP contribution is -1.95. The molecule has 0 aliphatic carbocycles. The first-order valence-electron chi connectivity index (χ1n) is 3.82. The lowest BCUT2D eigenvalue weighted by atomic mass is 10.1. The summed E-state index contributed by atoms with van der Waals surface area (Å²) in [5.41, 5.74) is 0.958. The van der Waals surface area contributed by atoms with E-state index in [0.29, 0.717) is 11.7 Å². The molecule has 60 valence electrons. The van der Waals surface area contributed by atoms with Crippen LogP contribution in [0.25, 0.3) is 0 Å². The van der Waals surface area contributed by atoms with E-state index in [0.717, 1.165) is 12.1 Å². The van der Waals surface area contributed by atoms with Gasteiger partial charge >= 0.3 is 0 Å². The van der Waals surface area contributed by atoms with Crippen LogP contribution >= 0.6 is 0 Å². The Morgan fingerprint density at radius 1 is 1.55 bits per heavy atom. The SMILES string of the molecule is CC(C)Cc1cc(O)ccn1. The Balaban J connectivity index is 2.71. The lowest BCUT2D eigenvalue weighted by Gasteiger charge is -2.02. The number of hydrogen-bond acceptors (Lipinski definition) is 2. The van der Waals surface area contributed by atoms with Crippen molar-refractivity contribution in [3.8, 4) is 5.75 Å². The number of aromatic hydroxyl groups is 1. The van der Waals surface area contributed by atoms with Gasteiger partial charge in [-0.3, -0.25) is 4.98 Å². The van der Waals surface area contributed by atoms with E-state index in [1.807, 2.05) is 0 Å². The second-order valence-corrected chi connectivity index (χ2v) is 3.10. The molecule has 0 saturated heterocycles. The Kier molecular flexibility index (Phi) is 2.47. The standard InChI is InChI=1S/C9H13NO/c1-7(2)5-8-6-9(11)3-4-10-8/h3-4,6-7H,5H2,1-2H3,(H,10,11). The van der Waals surface area contributed by atoms with Gasteiger partial charge in [-0.25, -0.2) is 0 Å². The van der Waals surface area contributed by atoms with Gasteiger partial charge in [0.25, 0.3) is 0 Å². The van der Waals surface area contributed by atoms with E-state index in [1.54, 1.807) is 18.3 Å². The summed E-state index contributed by atoms with van der Waals surface area (Å²) in [6.45, 7) is 4.26. The first-order valence-corrected chi connectivity index (χ1v) is 3.82. The highest BCUT2D eigenvalue weighted by molar-refractivity contribution is 5.20. The Labute approximate surface area is 66.9 Å². The third-order valence-electron chi connectivity index (χ3n) is 1.42. The van der Waals surface area contributed by atoms with Crippen LogP contribution in [0.1, 0.15) is 19.5 Å². The van der Waals surface area contributed by atoms with Crippen molar-refractivity contribution < 1.29 is 5.11 Å². The van der Waals surface area contributed by atoms with E-state index < -0.39 is 0 Å². The average Bonchev–Trinajstić information content (AvgIpc) is 1.85. The molecule has 1 heterocycles. The number of aromatic nitrogens is 1. The van der Waals surface area contributed by atoms with Crippen molar-refractivity contribution in [3.05, 3.63) is 24.0 Å². The molecule has 1 N–H and O–H groups in total. The molecule has 0 saturated carbocycles. The fraction of sp³-hybridized carbons (Fsp3) is 0.444. The fourth-order valence-electron chi connectivity index (χ4n) is 0.995. The van der Waals surface area contributed by atoms with E-state index in [2.05, 4.69) is 18.8 Å². The predicted octanol–water partition coefficient (Wildman–Crippen LogP) is 1.99. The molecule has 0 aliphatic rings. The van der Waals surface area contributed by atoms with Gasteiger partial charge in [0.15, 0.2) is 0 Å². The van der Waals surface area contributed by atoms with Gasteiger partial charge in [-0.05, 0) is 18.4 Å². The van der Waals surface area contributed by atoms with E-state index in [-0.39, 0.29) is 0 Å². The van der Waals surface area contributed by atoms with Gasteiger partial charge in [-0.2, -0.15) is 0 Å². The van der Waals surface area contributed by atoms with E-state index >= 15 is 0 Å². The van der Waals surface area contributed by atoms with Crippen molar-refractivity contribution in [2.75, 3.05) is 0 Å². The summed E-state index contributed by atoms with van der Waals surface area (Å²) < 4.78 is 0. The molecule has 0 atom stereocenters. The summed E-state index contributed by atoms with van der Waals surface area (Å²) in [5, 5.41) is 9.09. The molecule has 0 bridgehead atoms. The van der Waals surface area contributed by atoms with E-state index in [1.165, 1.54) is 0 Å². The maximum atomic E-state index is 9.09. The largest absolute Gasteiger partial charge is 0.508 e. The maximum Gasteiger partial charge on any atom is 0.118 e. The molecule has 1 aromatic rings. The Morgan fingerprint density at radius 2 is 2.27 bits per heavy atom. The Bertz CT molecular complexity index is 233. The van der Waals surface area contributed by atoms with Crippen LogP contribution in [0.5, 0.6) is 5.75 Å². The topological polar surface area (TPSA) is 33.1 Å².